The molecule has 0 radical (unpaired) electrons. The molecule has 8 aromatic rings. The van der Waals surface area contributed by atoms with Gasteiger partial charge >= 0.3 is 0 Å². The van der Waals surface area contributed by atoms with E-state index in [9.17, 15) is 0 Å². The summed E-state index contributed by atoms with van der Waals surface area (Å²) >= 11 is 6.52. The van der Waals surface area contributed by atoms with E-state index < -0.39 is 0 Å². The van der Waals surface area contributed by atoms with Crippen LogP contribution in [0.3, 0.4) is 0 Å². The molecule has 3 heterocycles. The van der Waals surface area contributed by atoms with Gasteiger partial charge in [-0.05, 0) is 60.1 Å². The predicted octanol–water partition coefficient (Wildman–Crippen LogP) is 8.86. The lowest BCUT2D eigenvalue weighted by Gasteiger charge is -2.13. The Morgan fingerprint density at radius 3 is 1.95 bits per heavy atom. The maximum atomic E-state index is 6.52. The van der Waals surface area contributed by atoms with Crippen LogP contribution in [0.15, 0.2) is 120 Å². The van der Waals surface area contributed by atoms with Crippen molar-refractivity contribution in [1.82, 2.24) is 19.5 Å². The van der Waals surface area contributed by atoms with Crippen LogP contribution in [0.4, 0.5) is 0 Å². The number of benzene rings is 5. The van der Waals surface area contributed by atoms with Crippen molar-refractivity contribution in [2.75, 3.05) is 0 Å². The van der Waals surface area contributed by atoms with Crippen molar-refractivity contribution < 1.29 is 4.42 Å². The molecule has 8 rings (SSSR count). The van der Waals surface area contributed by atoms with Gasteiger partial charge in [0.05, 0.1) is 16.7 Å². The molecule has 184 valence electrons. The molecule has 5 nitrogen and oxygen atoms in total. The zero-order valence-electron chi connectivity index (χ0n) is 20.5. The second-order valence-corrected chi connectivity index (χ2v) is 9.79. The first kappa shape index (κ1) is 22.0. The van der Waals surface area contributed by atoms with Gasteiger partial charge in [-0.2, -0.15) is 9.97 Å². The van der Waals surface area contributed by atoms with Crippen molar-refractivity contribution in [3.63, 3.8) is 0 Å². The van der Waals surface area contributed by atoms with Gasteiger partial charge < -0.3 is 8.98 Å². The molecule has 0 aliphatic heterocycles. The molecule has 0 spiro atoms. The van der Waals surface area contributed by atoms with Gasteiger partial charge in [-0.3, -0.25) is 0 Å². The van der Waals surface area contributed by atoms with E-state index in [2.05, 4.69) is 81.3 Å². The number of hydrogen-bond acceptors (Lipinski definition) is 4. The summed E-state index contributed by atoms with van der Waals surface area (Å²) in [5.41, 5.74) is 6.57. The fourth-order valence-corrected chi connectivity index (χ4v) is 5.66. The second-order valence-electron chi connectivity index (χ2n) is 9.45. The van der Waals surface area contributed by atoms with Crippen LogP contribution in [0, 0.1) is 0 Å². The van der Waals surface area contributed by atoms with Crippen molar-refractivity contribution in [3.05, 3.63) is 121 Å². The van der Waals surface area contributed by atoms with Gasteiger partial charge in [-0.25, -0.2) is 4.98 Å². The number of aromatic nitrogens is 4. The Kier molecular flexibility index (Phi) is 4.81. The number of fused-ring (bicyclic) bond motifs is 6. The third-order valence-corrected chi connectivity index (χ3v) is 7.38. The highest BCUT2D eigenvalue weighted by Gasteiger charge is 2.18. The Morgan fingerprint density at radius 1 is 0.538 bits per heavy atom. The van der Waals surface area contributed by atoms with E-state index in [4.69, 9.17) is 21.0 Å². The van der Waals surface area contributed by atoms with Crippen LogP contribution >= 0.6 is 11.6 Å². The first-order valence-electron chi connectivity index (χ1n) is 12.7. The molecule has 0 fully saturated rings. The molecule has 0 saturated carbocycles. The van der Waals surface area contributed by atoms with E-state index in [-0.39, 0.29) is 5.28 Å². The molecule has 0 unspecified atom stereocenters. The highest BCUT2D eigenvalue weighted by Crippen LogP contribution is 2.36. The smallest absolute Gasteiger partial charge is 0.226 e. The van der Waals surface area contributed by atoms with Gasteiger partial charge in [0.25, 0.3) is 0 Å². The molecule has 0 amide bonds. The van der Waals surface area contributed by atoms with Gasteiger partial charge in [-0.15, -0.1) is 0 Å². The number of nitrogens with zero attached hydrogens (tertiary/aromatic N) is 4. The van der Waals surface area contributed by atoms with Gasteiger partial charge in [0, 0.05) is 32.7 Å². The molecule has 0 atom stereocenters. The van der Waals surface area contributed by atoms with Gasteiger partial charge in [0.2, 0.25) is 5.28 Å². The SMILES string of the molecule is Clc1nc(-c2ccc3oc4ccccc4c3c2)nc(-c2ccccc2-n2c3ccccc3c3ccccc32)n1. The quantitative estimate of drug-likeness (QED) is 0.232. The average molecular weight is 523 g/mol. The van der Waals surface area contributed by atoms with Crippen LogP contribution in [0.5, 0.6) is 0 Å². The van der Waals surface area contributed by atoms with Crippen molar-refractivity contribution >= 4 is 55.3 Å². The number of para-hydroxylation sites is 4. The molecular formula is C33H19ClN4O. The van der Waals surface area contributed by atoms with Crippen molar-refractivity contribution in [2.24, 2.45) is 0 Å². The van der Waals surface area contributed by atoms with Crippen LogP contribution < -0.4 is 0 Å². The van der Waals surface area contributed by atoms with Crippen LogP contribution in [0.2, 0.25) is 5.28 Å². The maximum absolute atomic E-state index is 6.52. The fraction of sp³-hybridized carbons (Fsp3) is 0. The van der Waals surface area contributed by atoms with Crippen LogP contribution in [-0.2, 0) is 0 Å². The average Bonchev–Trinajstić information content (AvgIpc) is 3.52. The standard InChI is InChI=1S/C33H19ClN4O/c34-33-36-31(20-17-18-30-25(19-20)23-11-4-8-16-29(23)39-30)35-32(37-33)24-12-3-7-15-28(24)38-26-13-5-1-9-21(26)22-10-2-6-14-27(22)38/h1-19H. The molecule has 39 heavy (non-hydrogen) atoms. The first-order valence-corrected chi connectivity index (χ1v) is 13.0. The van der Waals surface area contributed by atoms with Crippen molar-refractivity contribution in [2.45, 2.75) is 0 Å². The first-order chi connectivity index (χ1) is 19.2. The van der Waals surface area contributed by atoms with Crippen molar-refractivity contribution in [1.29, 1.82) is 0 Å². The summed E-state index contributed by atoms with van der Waals surface area (Å²) in [7, 11) is 0. The topological polar surface area (TPSA) is 56.7 Å². The zero-order valence-corrected chi connectivity index (χ0v) is 21.3. The molecular weight excluding hydrogens is 504 g/mol. The largest absolute Gasteiger partial charge is 0.456 e. The minimum absolute atomic E-state index is 0.143. The van der Waals surface area contributed by atoms with E-state index >= 15 is 0 Å². The molecule has 6 heteroatoms. The number of rotatable bonds is 3. The van der Waals surface area contributed by atoms with E-state index in [1.54, 1.807) is 0 Å². The summed E-state index contributed by atoms with van der Waals surface area (Å²) in [5.74, 6) is 1.02. The Balaban J connectivity index is 1.34. The highest BCUT2D eigenvalue weighted by molar-refractivity contribution is 6.28. The second kappa shape index (κ2) is 8.51. The molecule has 0 bridgehead atoms. The van der Waals surface area contributed by atoms with Gasteiger partial charge in [0.1, 0.15) is 11.2 Å². The van der Waals surface area contributed by atoms with Crippen LogP contribution in [0.1, 0.15) is 0 Å². The van der Waals surface area contributed by atoms with E-state index in [0.29, 0.717) is 11.6 Å². The van der Waals surface area contributed by atoms with Crippen molar-refractivity contribution in [3.8, 4) is 28.5 Å². The third kappa shape index (κ3) is 3.44. The Bertz CT molecular complexity index is 2160. The summed E-state index contributed by atoms with van der Waals surface area (Å²) in [6.45, 7) is 0. The summed E-state index contributed by atoms with van der Waals surface area (Å²) in [6.07, 6.45) is 0. The molecule has 0 aliphatic carbocycles. The van der Waals surface area contributed by atoms with Crippen LogP contribution in [-0.4, -0.2) is 19.5 Å². The number of hydrogen-bond donors (Lipinski definition) is 0. The third-order valence-electron chi connectivity index (χ3n) is 7.21. The van der Waals surface area contributed by atoms with E-state index in [1.165, 1.54) is 10.8 Å². The molecule has 0 saturated heterocycles. The lowest BCUT2D eigenvalue weighted by Crippen LogP contribution is -2.02. The number of halogens is 1. The fourth-order valence-electron chi connectivity index (χ4n) is 5.50. The van der Waals surface area contributed by atoms with E-state index in [0.717, 1.165) is 49.8 Å². The highest BCUT2D eigenvalue weighted by atomic mass is 35.5. The minimum Gasteiger partial charge on any atom is -0.456 e. The predicted molar refractivity (Wildman–Crippen MR) is 157 cm³/mol. The van der Waals surface area contributed by atoms with Crippen LogP contribution in [0.25, 0.3) is 72.2 Å². The molecule has 5 aromatic carbocycles. The summed E-state index contributed by atoms with van der Waals surface area (Å²) < 4.78 is 8.27. The minimum atomic E-state index is 0.143. The lowest BCUT2D eigenvalue weighted by molar-refractivity contribution is 0.669. The monoisotopic (exact) mass is 522 g/mol. The number of furan rings is 1. The Morgan fingerprint density at radius 2 is 1.15 bits per heavy atom. The Hall–Kier alpha value is -5.00. The summed E-state index contributed by atoms with van der Waals surface area (Å²) in [6, 6.07) is 39.0. The lowest BCUT2D eigenvalue weighted by atomic mass is 10.1. The summed E-state index contributed by atoms with van der Waals surface area (Å²) in [4.78, 5) is 14.0. The summed E-state index contributed by atoms with van der Waals surface area (Å²) in [5, 5.41) is 4.58. The Labute approximate surface area is 228 Å². The normalized spacial score (nSPS) is 11.7. The maximum Gasteiger partial charge on any atom is 0.226 e. The van der Waals surface area contributed by atoms with Gasteiger partial charge in [0.15, 0.2) is 11.6 Å². The van der Waals surface area contributed by atoms with Gasteiger partial charge in [-0.1, -0.05) is 66.7 Å². The molecule has 0 N–H and O–H groups in total. The molecule has 3 aromatic heterocycles. The zero-order chi connectivity index (χ0) is 25.9. The molecule has 0 aliphatic rings. The van der Waals surface area contributed by atoms with E-state index in [1.807, 2.05) is 48.5 Å².